The summed E-state index contributed by atoms with van der Waals surface area (Å²) in [6.45, 7) is 3.52. The van der Waals surface area contributed by atoms with Crippen molar-refractivity contribution >= 4 is 21.7 Å². The van der Waals surface area contributed by atoms with E-state index in [-0.39, 0.29) is 11.7 Å². The zero-order valence-corrected chi connectivity index (χ0v) is 12.8. The Morgan fingerprint density at radius 1 is 1.20 bits per heavy atom. The van der Waals surface area contributed by atoms with E-state index in [1.807, 2.05) is 0 Å². The van der Waals surface area contributed by atoms with E-state index in [0.29, 0.717) is 12.8 Å². The number of aliphatic carboxylic acids is 1. The molecule has 0 aromatic rings. The molecule has 0 spiro atoms. The first-order valence-corrected chi connectivity index (χ1v) is 8.74. The Bertz CT molecular complexity index is 463. The van der Waals surface area contributed by atoms with Gasteiger partial charge < -0.3 is 10.4 Å². The molecule has 1 aliphatic rings. The van der Waals surface area contributed by atoms with Gasteiger partial charge >= 0.3 is 5.97 Å². The fourth-order valence-corrected chi connectivity index (χ4v) is 4.22. The van der Waals surface area contributed by atoms with E-state index >= 15 is 0 Å². The van der Waals surface area contributed by atoms with Gasteiger partial charge in [-0.25, -0.2) is 13.2 Å². The van der Waals surface area contributed by atoms with Gasteiger partial charge in [0.15, 0.2) is 9.84 Å². The van der Waals surface area contributed by atoms with Crippen LogP contribution in [0.4, 0.5) is 0 Å². The highest BCUT2D eigenvalue weighted by atomic mass is 32.2. The highest BCUT2D eigenvalue weighted by Crippen LogP contribution is 2.28. The molecule has 2 N–H and O–H groups in total. The maximum Gasteiger partial charge on any atom is 0.329 e. The molecule has 116 valence electrons. The molecule has 0 aromatic heterocycles. The molecule has 0 unspecified atom stereocenters. The van der Waals surface area contributed by atoms with Crippen molar-refractivity contribution in [2.45, 2.75) is 51.5 Å². The van der Waals surface area contributed by atoms with Crippen molar-refractivity contribution in [2.24, 2.45) is 5.92 Å². The predicted molar refractivity (Wildman–Crippen MR) is 75.1 cm³/mol. The zero-order valence-electron chi connectivity index (χ0n) is 12.0. The third-order valence-electron chi connectivity index (χ3n) is 3.43. The Morgan fingerprint density at radius 2 is 1.75 bits per heavy atom. The molecule has 6 nitrogen and oxygen atoms in total. The minimum Gasteiger partial charge on any atom is -0.480 e. The second-order valence-electron chi connectivity index (χ2n) is 5.94. The lowest BCUT2D eigenvalue weighted by Gasteiger charge is -2.33. The van der Waals surface area contributed by atoms with Crippen LogP contribution < -0.4 is 5.32 Å². The van der Waals surface area contributed by atoms with E-state index in [0.717, 1.165) is 19.3 Å². The number of hydrogen-bond acceptors (Lipinski definition) is 4. The molecule has 1 rings (SSSR count). The van der Waals surface area contributed by atoms with Gasteiger partial charge in [-0.1, -0.05) is 33.1 Å². The Hall–Kier alpha value is -1.11. The van der Waals surface area contributed by atoms with Crippen LogP contribution in [0.3, 0.4) is 0 Å². The van der Waals surface area contributed by atoms with Crippen LogP contribution in [0, 0.1) is 5.92 Å². The molecule has 1 fully saturated rings. The number of carboxylic acids is 1. The van der Waals surface area contributed by atoms with Crippen LogP contribution in [0.5, 0.6) is 0 Å². The average Bonchev–Trinajstić information content (AvgIpc) is 2.26. The highest BCUT2D eigenvalue weighted by Gasteiger charge is 2.41. The first-order chi connectivity index (χ1) is 9.17. The number of hydrogen-bond donors (Lipinski definition) is 2. The molecule has 0 aromatic carbocycles. The Kier molecular flexibility index (Phi) is 5.56. The van der Waals surface area contributed by atoms with E-state index in [9.17, 15) is 23.1 Å². The lowest BCUT2D eigenvalue weighted by molar-refractivity contribution is -0.148. The molecule has 20 heavy (non-hydrogen) atoms. The molecule has 1 aliphatic carbocycles. The van der Waals surface area contributed by atoms with Gasteiger partial charge in [0.1, 0.15) is 11.3 Å². The third kappa shape index (κ3) is 4.77. The SMILES string of the molecule is CC(C)CS(=O)(=O)CC(=O)NC1(C(=O)O)CCCCC1. The number of carbonyl (C=O) groups is 2. The van der Waals surface area contributed by atoms with E-state index in [4.69, 9.17) is 0 Å². The Morgan fingerprint density at radius 3 is 2.20 bits per heavy atom. The first-order valence-electron chi connectivity index (χ1n) is 6.92. The van der Waals surface area contributed by atoms with Crippen LogP contribution in [0.15, 0.2) is 0 Å². The summed E-state index contributed by atoms with van der Waals surface area (Å²) in [7, 11) is -3.49. The largest absolute Gasteiger partial charge is 0.480 e. The molecular formula is C13H23NO5S. The van der Waals surface area contributed by atoms with Gasteiger partial charge in [-0.3, -0.25) is 4.79 Å². The highest BCUT2D eigenvalue weighted by molar-refractivity contribution is 7.92. The van der Waals surface area contributed by atoms with Gasteiger partial charge in [0, 0.05) is 0 Å². The summed E-state index contributed by atoms with van der Waals surface area (Å²) in [6.07, 6.45) is 3.11. The van der Waals surface area contributed by atoms with Crippen LogP contribution in [-0.4, -0.2) is 42.4 Å². The fraction of sp³-hybridized carbons (Fsp3) is 0.846. The molecule has 0 aliphatic heterocycles. The van der Waals surface area contributed by atoms with Crippen molar-refractivity contribution in [1.29, 1.82) is 0 Å². The summed E-state index contributed by atoms with van der Waals surface area (Å²) in [6, 6.07) is 0. The van der Waals surface area contributed by atoms with Crippen LogP contribution >= 0.6 is 0 Å². The van der Waals surface area contributed by atoms with Crippen molar-refractivity contribution in [1.82, 2.24) is 5.32 Å². The molecule has 0 bridgehead atoms. The smallest absolute Gasteiger partial charge is 0.329 e. The fourth-order valence-electron chi connectivity index (χ4n) is 2.62. The van der Waals surface area contributed by atoms with Crippen LogP contribution in [0.2, 0.25) is 0 Å². The summed E-state index contributed by atoms with van der Waals surface area (Å²) < 4.78 is 23.5. The zero-order chi connectivity index (χ0) is 15.4. The van der Waals surface area contributed by atoms with Gasteiger partial charge in [-0.2, -0.15) is 0 Å². The second-order valence-corrected chi connectivity index (χ2v) is 8.05. The summed E-state index contributed by atoms with van der Waals surface area (Å²) in [5.41, 5.74) is -1.29. The van der Waals surface area contributed by atoms with E-state index in [1.165, 1.54) is 0 Å². The average molecular weight is 305 g/mol. The molecule has 0 atom stereocenters. The van der Waals surface area contributed by atoms with Gasteiger partial charge in [0.25, 0.3) is 0 Å². The van der Waals surface area contributed by atoms with Crippen LogP contribution in [0.25, 0.3) is 0 Å². The normalized spacial score (nSPS) is 18.8. The second kappa shape index (κ2) is 6.56. The van der Waals surface area contributed by atoms with Gasteiger partial charge in [0.05, 0.1) is 5.75 Å². The third-order valence-corrected chi connectivity index (χ3v) is 5.31. The molecule has 1 amide bonds. The number of sulfone groups is 1. The first kappa shape index (κ1) is 16.9. The molecule has 0 saturated heterocycles. The van der Waals surface area contributed by atoms with E-state index < -0.39 is 33.0 Å². The maximum atomic E-state index is 11.9. The van der Waals surface area contributed by atoms with E-state index in [2.05, 4.69) is 5.32 Å². The van der Waals surface area contributed by atoms with Gasteiger partial charge in [0.2, 0.25) is 5.91 Å². The van der Waals surface area contributed by atoms with Gasteiger partial charge in [-0.05, 0) is 18.8 Å². The monoisotopic (exact) mass is 305 g/mol. The maximum absolute atomic E-state index is 11.9. The molecule has 7 heteroatoms. The lowest BCUT2D eigenvalue weighted by atomic mass is 9.81. The number of nitrogens with one attached hydrogen (secondary N) is 1. The minimum absolute atomic E-state index is 0.0593. The van der Waals surface area contributed by atoms with Gasteiger partial charge in [-0.15, -0.1) is 0 Å². The number of carbonyl (C=O) groups excluding carboxylic acids is 1. The minimum atomic E-state index is -3.49. The Labute approximate surface area is 119 Å². The molecule has 1 saturated carbocycles. The van der Waals surface area contributed by atoms with Crippen molar-refractivity contribution < 1.29 is 23.1 Å². The van der Waals surface area contributed by atoms with Crippen molar-refractivity contribution in [2.75, 3.05) is 11.5 Å². The standard InChI is InChI=1S/C13H23NO5S/c1-10(2)8-20(18,19)9-11(15)14-13(12(16)17)6-4-3-5-7-13/h10H,3-9H2,1-2H3,(H,14,15)(H,16,17). The molecule has 0 radical (unpaired) electrons. The summed E-state index contributed by atoms with van der Waals surface area (Å²) in [4.78, 5) is 23.3. The molecular weight excluding hydrogens is 282 g/mol. The number of amides is 1. The van der Waals surface area contributed by atoms with Crippen molar-refractivity contribution in [3.05, 3.63) is 0 Å². The number of carboxylic acid groups (broad SMARTS) is 1. The predicted octanol–water partition coefficient (Wildman–Crippen LogP) is 0.961. The topological polar surface area (TPSA) is 101 Å². The Balaban J connectivity index is 2.70. The van der Waals surface area contributed by atoms with Crippen LogP contribution in [-0.2, 0) is 19.4 Å². The van der Waals surface area contributed by atoms with Crippen molar-refractivity contribution in [3.63, 3.8) is 0 Å². The molecule has 0 heterocycles. The quantitative estimate of drug-likeness (QED) is 0.761. The van der Waals surface area contributed by atoms with E-state index in [1.54, 1.807) is 13.8 Å². The summed E-state index contributed by atoms with van der Waals surface area (Å²) >= 11 is 0. The van der Waals surface area contributed by atoms with Crippen molar-refractivity contribution in [3.8, 4) is 0 Å². The van der Waals surface area contributed by atoms with Crippen LogP contribution in [0.1, 0.15) is 46.0 Å². The lowest BCUT2D eigenvalue weighted by Crippen LogP contribution is -2.56. The summed E-state index contributed by atoms with van der Waals surface area (Å²) in [5, 5.41) is 11.8. The summed E-state index contributed by atoms with van der Waals surface area (Å²) in [5.74, 6) is -2.56. The number of rotatable bonds is 6.